The van der Waals surface area contributed by atoms with E-state index in [0.717, 1.165) is 0 Å². The molecule has 0 saturated carbocycles. The van der Waals surface area contributed by atoms with E-state index in [1.165, 1.54) is 26.4 Å². The molecule has 1 saturated heterocycles. The number of aromatic nitrogens is 4. The van der Waals surface area contributed by atoms with E-state index >= 15 is 0 Å². The lowest BCUT2D eigenvalue weighted by Crippen LogP contribution is -2.61. The molecule has 32 heteroatoms. The number of para-hydroxylation sites is 2. The number of imidazole rings is 1. The molecule has 0 radical (unpaired) electrons. The number of rotatable bonds is 19. The number of nitrogens with two attached hydrogens (primary N) is 1. The summed E-state index contributed by atoms with van der Waals surface area (Å²) in [5.41, 5.74) is 7.71. The van der Waals surface area contributed by atoms with Gasteiger partial charge in [0, 0.05) is 103 Å². The second-order valence-electron chi connectivity index (χ2n) is 29.6. The standard InChI is InChI=1S/C74H106N16O16/c1-38(2)28-53-59(93)25-26-60(94)81-52(24-27-61(95)96)66(99)85-54(29-39(3)4)71(104)88-62(40(5)6)73(106)87-56(31-44-35-78-50-22-17-14-20-48(44)50)68(101)82-51(67(100)89-63(42(8)91)64(75)97)23-15-12-18-46(92)33-58(90-74(9,10)11)72(105)80-41(7)65(98)84-55(30-43-34-77-49-21-16-13-19-47(43)49)69(102)86-57(70(103)83-53)32-45-36-76-37-79-45/h13-14,16-17,19-22,34-42,51-58,62-63,77-78,90-91H,12,15,18,23-33H2,1-11H3,(H2,75,97)(H,76,79)(H,80,105)(H,81,94)(H,82,101)(H,83,103)(H,84,98)(H,85,99)(H,86,102)(H,87,106)(H,88,104)(H,89,100)(H,95,96)/t41-,42+,51-,52-,53-,54-,55-,56-,57-,58-,62-,63-/m0/s1. The number of hydrogen-bond donors (Lipinski definition) is 17. The number of carboxylic acid groups (broad SMARTS) is 1. The molecule has 11 amide bonds. The second-order valence-corrected chi connectivity index (χ2v) is 29.6. The van der Waals surface area contributed by atoms with E-state index in [1.54, 1.807) is 111 Å². The van der Waals surface area contributed by atoms with Crippen LogP contribution in [-0.4, -0.2) is 191 Å². The number of aromatic amines is 3. The van der Waals surface area contributed by atoms with E-state index < -0.39 is 199 Å². The molecule has 12 atom stereocenters. The van der Waals surface area contributed by atoms with Crippen LogP contribution in [0.1, 0.15) is 164 Å². The fraction of sp³-hybridized carbons (Fsp3) is 0.554. The van der Waals surface area contributed by atoms with Crippen LogP contribution in [0.3, 0.4) is 0 Å². The lowest BCUT2D eigenvalue weighted by atomic mass is 9.96. The molecule has 32 nitrogen and oxygen atoms in total. The summed E-state index contributed by atoms with van der Waals surface area (Å²) >= 11 is 0. The Morgan fingerprint density at radius 3 is 1.64 bits per heavy atom. The number of primary amides is 1. The molecule has 2 aromatic carbocycles. The van der Waals surface area contributed by atoms with Crippen LogP contribution in [0.4, 0.5) is 0 Å². The zero-order chi connectivity index (χ0) is 78.3. The summed E-state index contributed by atoms with van der Waals surface area (Å²) < 4.78 is 0. The number of ketones is 2. The van der Waals surface area contributed by atoms with Crippen LogP contribution in [0.2, 0.25) is 0 Å². The molecule has 0 aliphatic carbocycles. The largest absolute Gasteiger partial charge is 0.481 e. The third-order valence-corrected chi connectivity index (χ3v) is 18.0. The number of carbonyl (C=O) groups is 14. The predicted octanol–water partition coefficient (Wildman–Crippen LogP) is 1.39. The number of amides is 11. The first-order valence-corrected chi connectivity index (χ1v) is 36.1. The van der Waals surface area contributed by atoms with Gasteiger partial charge in [-0.05, 0) is 108 Å². The number of aliphatic carboxylic acids is 1. The maximum absolute atomic E-state index is 15.0. The predicted molar refractivity (Wildman–Crippen MR) is 392 cm³/mol. The average Bonchev–Trinajstić information content (AvgIpc) is 1.64. The monoisotopic (exact) mass is 1470 g/mol. The van der Waals surface area contributed by atoms with Crippen molar-refractivity contribution in [2.24, 2.45) is 23.5 Å². The van der Waals surface area contributed by atoms with Crippen molar-refractivity contribution < 1.29 is 77.3 Å². The summed E-state index contributed by atoms with van der Waals surface area (Å²) in [5.74, 6) is -13.5. The topological polar surface area (TPSA) is 498 Å². The van der Waals surface area contributed by atoms with Gasteiger partial charge in [0.15, 0.2) is 5.78 Å². The zero-order valence-corrected chi connectivity index (χ0v) is 62.1. The maximum Gasteiger partial charge on any atom is 0.303 e. The minimum atomic E-state index is -1.63. The molecule has 18 N–H and O–H groups in total. The molecule has 106 heavy (non-hydrogen) atoms. The number of aliphatic hydroxyl groups excluding tert-OH is 1. The van der Waals surface area contributed by atoms with Gasteiger partial charge in [-0.3, -0.25) is 67.1 Å². The summed E-state index contributed by atoms with van der Waals surface area (Å²) in [6.45, 7) is 18.2. The van der Waals surface area contributed by atoms with Crippen LogP contribution >= 0.6 is 0 Å². The van der Waals surface area contributed by atoms with Crippen molar-refractivity contribution >= 4 is 104 Å². The Kier molecular flexibility index (Phi) is 31.6. The van der Waals surface area contributed by atoms with Crippen LogP contribution in [0, 0.1) is 17.8 Å². The first-order chi connectivity index (χ1) is 50.0. The molecular formula is C74H106N16O16. The first-order valence-electron chi connectivity index (χ1n) is 36.1. The molecule has 1 aliphatic rings. The second kappa shape index (κ2) is 39.7. The van der Waals surface area contributed by atoms with Crippen molar-refractivity contribution in [1.82, 2.24) is 78.4 Å². The van der Waals surface area contributed by atoms with Crippen LogP contribution in [-0.2, 0) is 86.4 Å². The van der Waals surface area contributed by atoms with E-state index in [-0.39, 0.29) is 69.6 Å². The molecule has 578 valence electrons. The number of nitrogens with one attached hydrogen (secondary N) is 14. The molecule has 4 heterocycles. The Labute approximate surface area is 615 Å². The van der Waals surface area contributed by atoms with Gasteiger partial charge in [-0.1, -0.05) is 84.4 Å². The first kappa shape index (κ1) is 84.6. The van der Waals surface area contributed by atoms with Crippen LogP contribution in [0.15, 0.2) is 73.4 Å². The van der Waals surface area contributed by atoms with Crippen LogP contribution < -0.4 is 64.2 Å². The summed E-state index contributed by atoms with van der Waals surface area (Å²) in [5, 5.41) is 51.5. The summed E-state index contributed by atoms with van der Waals surface area (Å²) in [7, 11) is 0. The van der Waals surface area contributed by atoms with Gasteiger partial charge in [0.1, 0.15) is 60.2 Å². The van der Waals surface area contributed by atoms with Gasteiger partial charge < -0.3 is 89.4 Å². The number of nitrogens with zero attached hydrogens (tertiary/aromatic N) is 1. The Hall–Kier alpha value is -10.4. The molecule has 0 spiro atoms. The van der Waals surface area contributed by atoms with Gasteiger partial charge in [-0.2, -0.15) is 0 Å². The quantitative estimate of drug-likeness (QED) is 0.0555. The van der Waals surface area contributed by atoms with Gasteiger partial charge >= 0.3 is 5.97 Å². The highest BCUT2D eigenvalue weighted by molar-refractivity contribution is 6.00. The van der Waals surface area contributed by atoms with Gasteiger partial charge in [0.2, 0.25) is 65.0 Å². The molecule has 0 bridgehead atoms. The molecule has 6 rings (SSSR count). The fourth-order valence-corrected chi connectivity index (χ4v) is 12.4. The number of carbonyl (C=O) groups excluding carboxylic acids is 13. The van der Waals surface area contributed by atoms with Gasteiger partial charge in [0.25, 0.3) is 0 Å². The SMILES string of the molecule is CC(C)C[C@@H]1NC(=O)[C@H](Cc2cnc[nH]2)NC(=O)[C@H](Cc2c[nH]c3ccccc23)NC(=O)[C@H](C)NC(=O)[C@@H](NC(C)(C)C)CC(=O)CCCC[C@@H](C(=O)N[C@H](C(N)=O)[C@@H](C)O)NC(=O)[C@H](Cc2c[nH]c3ccccc23)NC(=O)[C@H](C(C)C)NC(=O)[C@H](CC(C)C)NC(=O)[C@H](CCC(=O)O)NC(=O)CCC1=O. The van der Waals surface area contributed by atoms with Crippen LogP contribution in [0.5, 0.6) is 0 Å². The highest BCUT2D eigenvalue weighted by Crippen LogP contribution is 2.23. The summed E-state index contributed by atoms with van der Waals surface area (Å²) in [6, 6.07) is -1.53. The lowest BCUT2D eigenvalue weighted by Gasteiger charge is -2.29. The lowest BCUT2D eigenvalue weighted by molar-refractivity contribution is -0.138. The Morgan fingerprint density at radius 1 is 0.585 bits per heavy atom. The van der Waals surface area contributed by atoms with Crippen molar-refractivity contribution in [3.63, 3.8) is 0 Å². The number of H-pyrrole nitrogens is 3. The van der Waals surface area contributed by atoms with Crippen molar-refractivity contribution in [3.05, 3.63) is 90.3 Å². The normalized spacial score (nSPS) is 23.6. The Bertz CT molecular complexity index is 3910. The molecule has 1 fully saturated rings. The van der Waals surface area contributed by atoms with E-state index in [2.05, 4.69) is 78.4 Å². The van der Waals surface area contributed by atoms with Gasteiger partial charge in [-0.25, -0.2) is 4.98 Å². The maximum atomic E-state index is 15.0. The minimum absolute atomic E-state index is 0.0443. The third kappa shape index (κ3) is 26.3. The number of carboxylic acids is 1. The molecule has 0 unspecified atom stereocenters. The van der Waals surface area contributed by atoms with Crippen LogP contribution in [0.25, 0.3) is 21.8 Å². The Balaban J connectivity index is 1.39. The molecular weight excluding hydrogens is 1370 g/mol. The van der Waals surface area contributed by atoms with Crippen molar-refractivity contribution in [1.29, 1.82) is 0 Å². The zero-order valence-electron chi connectivity index (χ0n) is 62.1. The highest BCUT2D eigenvalue weighted by Gasteiger charge is 2.38. The number of aliphatic hydroxyl groups is 1. The molecule has 3 aromatic heterocycles. The fourth-order valence-electron chi connectivity index (χ4n) is 12.4. The molecule has 5 aromatic rings. The Morgan fingerprint density at radius 2 is 1.10 bits per heavy atom. The van der Waals surface area contributed by atoms with E-state index in [4.69, 9.17) is 5.73 Å². The number of benzene rings is 2. The number of hydrogen-bond acceptors (Lipinski definition) is 17. The summed E-state index contributed by atoms with van der Waals surface area (Å²) in [6.07, 6.45) is 1.17. The van der Waals surface area contributed by atoms with Gasteiger partial charge in [-0.15, -0.1) is 0 Å². The summed E-state index contributed by atoms with van der Waals surface area (Å²) in [4.78, 5) is 212. The van der Waals surface area contributed by atoms with E-state index in [9.17, 15) is 77.3 Å². The highest BCUT2D eigenvalue weighted by atomic mass is 16.4. The minimum Gasteiger partial charge on any atom is -0.481 e. The van der Waals surface area contributed by atoms with E-state index in [1.807, 2.05) is 12.1 Å². The number of fused-ring (bicyclic) bond motifs is 2. The van der Waals surface area contributed by atoms with E-state index in [0.29, 0.717) is 38.6 Å². The smallest absolute Gasteiger partial charge is 0.303 e. The molecule has 1 aliphatic heterocycles. The third-order valence-electron chi connectivity index (χ3n) is 18.0. The number of Topliss-reactive ketones (excluding diaryl/α,β-unsaturated/α-hetero) is 2. The van der Waals surface area contributed by atoms with Crippen molar-refractivity contribution in [3.8, 4) is 0 Å². The average molecular weight is 1480 g/mol. The van der Waals surface area contributed by atoms with Crippen molar-refractivity contribution in [2.45, 2.75) is 244 Å². The van der Waals surface area contributed by atoms with Gasteiger partial charge in [0.05, 0.1) is 24.5 Å². The van der Waals surface area contributed by atoms with Crippen molar-refractivity contribution in [2.75, 3.05) is 0 Å².